The summed E-state index contributed by atoms with van der Waals surface area (Å²) in [5, 5.41) is 29.6. The van der Waals surface area contributed by atoms with Gasteiger partial charge in [0.2, 0.25) is 6.79 Å². The van der Waals surface area contributed by atoms with Gasteiger partial charge in [-0.2, -0.15) is 15.8 Å². The molecule has 0 radical (unpaired) electrons. The van der Waals surface area contributed by atoms with E-state index in [0.717, 1.165) is 30.4 Å². The molecule has 128 valence electrons. The van der Waals surface area contributed by atoms with Crippen LogP contribution in [0.25, 0.3) is 0 Å². The van der Waals surface area contributed by atoms with Crippen molar-refractivity contribution < 1.29 is 9.47 Å². The van der Waals surface area contributed by atoms with Crippen LogP contribution in [-0.4, -0.2) is 6.79 Å². The van der Waals surface area contributed by atoms with Gasteiger partial charge in [-0.15, -0.1) is 0 Å². The molecule has 2 atom stereocenters. The zero-order valence-corrected chi connectivity index (χ0v) is 14.0. The van der Waals surface area contributed by atoms with E-state index in [0.29, 0.717) is 11.5 Å². The predicted molar refractivity (Wildman–Crippen MR) is 91.2 cm³/mol. The molecule has 1 aromatic carbocycles. The Balaban J connectivity index is 1.97. The Hall–Kier alpha value is -3.43. The largest absolute Gasteiger partial charge is 0.454 e. The van der Waals surface area contributed by atoms with Gasteiger partial charge in [0, 0.05) is 5.92 Å². The average Bonchev–Trinajstić information content (AvgIpc) is 3.15. The Morgan fingerprint density at radius 2 is 1.88 bits per heavy atom. The van der Waals surface area contributed by atoms with Gasteiger partial charge in [0.15, 0.2) is 16.9 Å². The molecule has 26 heavy (non-hydrogen) atoms. The van der Waals surface area contributed by atoms with E-state index in [4.69, 9.17) is 15.2 Å². The molecule has 2 N–H and O–H groups in total. The number of rotatable bonds is 1. The Bertz CT molecular complexity index is 957. The minimum atomic E-state index is -1.59. The molecular weight excluding hydrogens is 328 g/mol. The molecule has 0 saturated carbocycles. The normalized spacial score (nSPS) is 25.3. The average molecular weight is 344 g/mol. The lowest BCUT2D eigenvalue weighted by Crippen LogP contribution is -2.42. The van der Waals surface area contributed by atoms with Gasteiger partial charge in [0.05, 0.1) is 23.4 Å². The van der Waals surface area contributed by atoms with Crippen molar-refractivity contribution in [1.29, 1.82) is 15.8 Å². The monoisotopic (exact) mass is 344 g/mol. The fourth-order valence-corrected chi connectivity index (χ4v) is 4.36. The third-order valence-corrected chi connectivity index (χ3v) is 5.55. The highest BCUT2D eigenvalue weighted by atomic mass is 16.7. The van der Waals surface area contributed by atoms with Crippen molar-refractivity contribution in [3.63, 3.8) is 0 Å². The van der Waals surface area contributed by atoms with E-state index in [1.165, 1.54) is 0 Å². The molecular formula is C20H16N4O2. The fraction of sp³-hybridized carbons (Fsp3) is 0.350. The Morgan fingerprint density at radius 1 is 1.12 bits per heavy atom. The highest BCUT2D eigenvalue weighted by molar-refractivity contribution is 5.60. The summed E-state index contributed by atoms with van der Waals surface area (Å²) < 4.78 is 10.8. The summed E-state index contributed by atoms with van der Waals surface area (Å²) in [4.78, 5) is 0. The number of fused-ring (bicyclic) bond motifs is 2. The first-order chi connectivity index (χ1) is 12.7. The third kappa shape index (κ3) is 2.01. The van der Waals surface area contributed by atoms with E-state index in [1.54, 1.807) is 6.07 Å². The van der Waals surface area contributed by atoms with Gasteiger partial charge in [0.1, 0.15) is 6.07 Å². The molecule has 3 aliphatic rings. The van der Waals surface area contributed by atoms with E-state index in [2.05, 4.69) is 18.2 Å². The maximum absolute atomic E-state index is 9.97. The maximum Gasteiger partial charge on any atom is 0.231 e. The van der Waals surface area contributed by atoms with E-state index >= 15 is 0 Å². The number of nitrogens with zero attached hydrogens (tertiary/aromatic N) is 3. The summed E-state index contributed by atoms with van der Waals surface area (Å²) >= 11 is 0. The first kappa shape index (κ1) is 16.1. The number of hydrogen-bond acceptors (Lipinski definition) is 6. The second-order valence-electron chi connectivity index (χ2n) is 6.72. The van der Waals surface area contributed by atoms with Crippen LogP contribution in [0, 0.1) is 45.3 Å². The Morgan fingerprint density at radius 3 is 2.62 bits per heavy atom. The molecule has 1 aliphatic heterocycles. The molecule has 0 unspecified atom stereocenters. The summed E-state index contributed by atoms with van der Waals surface area (Å²) in [5.74, 6) is 0.674. The lowest BCUT2D eigenvalue weighted by Gasteiger charge is -2.43. The number of benzene rings is 1. The van der Waals surface area contributed by atoms with Crippen molar-refractivity contribution >= 4 is 0 Å². The lowest BCUT2D eigenvalue weighted by molar-refractivity contribution is 0.174. The molecule has 0 fully saturated rings. The topological polar surface area (TPSA) is 116 Å². The van der Waals surface area contributed by atoms with Gasteiger partial charge in [-0.25, -0.2) is 0 Å². The standard InChI is InChI=1S/C20H16N4O2/c21-8-15-13-3-1-2-4-14(13)18(20(9-22,10-23)19(15)24)12-5-6-16-17(7-12)26-11-25-16/h3,5-7,14,18H,1-2,4,11,24H2/t14-,18+/m0/s1. The number of hydrogen-bond donors (Lipinski definition) is 1. The lowest BCUT2D eigenvalue weighted by atomic mass is 9.57. The molecule has 0 aromatic heterocycles. The second-order valence-corrected chi connectivity index (χ2v) is 6.72. The van der Waals surface area contributed by atoms with Gasteiger partial charge < -0.3 is 15.2 Å². The number of nitrogens with two attached hydrogens (primary N) is 1. The molecule has 0 spiro atoms. The maximum atomic E-state index is 9.97. The molecule has 0 amide bonds. The first-order valence-electron chi connectivity index (χ1n) is 8.49. The van der Waals surface area contributed by atoms with Crippen LogP contribution in [0.2, 0.25) is 0 Å². The predicted octanol–water partition coefficient (Wildman–Crippen LogP) is 3.01. The third-order valence-electron chi connectivity index (χ3n) is 5.55. The minimum Gasteiger partial charge on any atom is -0.454 e. The molecule has 1 heterocycles. The summed E-state index contributed by atoms with van der Waals surface area (Å²) in [5.41, 5.74) is 6.67. The molecule has 0 saturated heterocycles. The van der Waals surface area contributed by atoms with E-state index in [-0.39, 0.29) is 24.0 Å². The van der Waals surface area contributed by atoms with Crippen LogP contribution in [0.5, 0.6) is 11.5 Å². The first-order valence-corrected chi connectivity index (χ1v) is 8.49. The molecule has 1 aromatic rings. The highest BCUT2D eigenvalue weighted by Gasteiger charge is 2.53. The van der Waals surface area contributed by atoms with Gasteiger partial charge >= 0.3 is 0 Å². The molecule has 6 heteroatoms. The van der Waals surface area contributed by atoms with Crippen LogP contribution >= 0.6 is 0 Å². The van der Waals surface area contributed by atoms with Crippen LogP contribution in [0.15, 0.2) is 41.1 Å². The quantitative estimate of drug-likeness (QED) is 0.837. The highest BCUT2D eigenvalue weighted by Crippen LogP contribution is 2.56. The van der Waals surface area contributed by atoms with E-state index in [1.807, 2.05) is 18.2 Å². The van der Waals surface area contributed by atoms with E-state index in [9.17, 15) is 15.8 Å². The second kappa shape index (κ2) is 5.83. The summed E-state index contributed by atoms with van der Waals surface area (Å²) in [7, 11) is 0. The SMILES string of the molecule is N#CC1=C(N)C(C#N)(C#N)[C@H](c2ccc3c(c2)OCO3)[C@H]2CCCC=C12. The van der Waals surface area contributed by atoms with Crippen molar-refractivity contribution in [2.45, 2.75) is 25.2 Å². The number of nitriles is 3. The molecule has 6 nitrogen and oxygen atoms in total. The van der Waals surface area contributed by atoms with Crippen molar-refractivity contribution in [3.05, 3.63) is 46.7 Å². The zero-order valence-electron chi connectivity index (χ0n) is 14.0. The minimum absolute atomic E-state index is 0.0528. The van der Waals surface area contributed by atoms with Crippen LogP contribution in [0.3, 0.4) is 0 Å². The van der Waals surface area contributed by atoms with Crippen molar-refractivity contribution in [2.24, 2.45) is 17.1 Å². The molecule has 2 aliphatic carbocycles. The van der Waals surface area contributed by atoms with Gasteiger partial charge in [0.25, 0.3) is 0 Å². The van der Waals surface area contributed by atoms with Gasteiger partial charge in [-0.3, -0.25) is 0 Å². The smallest absolute Gasteiger partial charge is 0.231 e. The molecule has 4 rings (SSSR count). The van der Waals surface area contributed by atoms with Crippen molar-refractivity contribution in [3.8, 4) is 29.7 Å². The fourth-order valence-electron chi connectivity index (χ4n) is 4.36. The number of ether oxygens (including phenoxy) is 2. The summed E-state index contributed by atoms with van der Waals surface area (Å²) in [6.45, 7) is 0.153. The Kier molecular flexibility index (Phi) is 3.60. The van der Waals surface area contributed by atoms with Gasteiger partial charge in [-0.1, -0.05) is 12.1 Å². The van der Waals surface area contributed by atoms with E-state index < -0.39 is 11.3 Å². The van der Waals surface area contributed by atoms with Crippen LogP contribution < -0.4 is 15.2 Å². The van der Waals surface area contributed by atoms with Crippen LogP contribution in [-0.2, 0) is 0 Å². The summed E-state index contributed by atoms with van der Waals surface area (Å²) in [6, 6.07) is 11.9. The van der Waals surface area contributed by atoms with Crippen molar-refractivity contribution in [2.75, 3.05) is 6.79 Å². The summed E-state index contributed by atoms with van der Waals surface area (Å²) in [6.07, 6.45) is 4.64. The van der Waals surface area contributed by atoms with Crippen LogP contribution in [0.4, 0.5) is 0 Å². The molecule has 0 bridgehead atoms. The zero-order chi connectivity index (χ0) is 18.3. The van der Waals surface area contributed by atoms with Crippen molar-refractivity contribution in [1.82, 2.24) is 0 Å². The van der Waals surface area contributed by atoms with Gasteiger partial charge in [-0.05, 0) is 48.4 Å². The van der Waals surface area contributed by atoms with Crippen LogP contribution in [0.1, 0.15) is 30.7 Å². The number of allylic oxidation sites excluding steroid dienone is 4. The Labute approximate surface area is 151 Å².